The molecule has 0 aromatic rings. The average Bonchev–Trinajstić information content (AvgIpc) is 2.65. The molecule has 0 spiro atoms. The highest BCUT2D eigenvalue weighted by atomic mass is 16.5. The van der Waals surface area contributed by atoms with Crippen LogP contribution in [-0.4, -0.2) is 88.0 Å². The summed E-state index contributed by atoms with van der Waals surface area (Å²) in [6.45, 7) is 17.6. The van der Waals surface area contributed by atoms with Gasteiger partial charge in [-0.3, -0.25) is 9.89 Å². The minimum atomic E-state index is 0.687. The fourth-order valence-corrected chi connectivity index (χ4v) is 3.60. The van der Waals surface area contributed by atoms with E-state index in [0.717, 1.165) is 96.8 Å². The molecule has 0 aromatic heterocycles. The molecule has 0 aromatic carbocycles. The normalized spacial score (nSPS) is 20.8. The van der Waals surface area contributed by atoms with Gasteiger partial charge in [-0.05, 0) is 38.0 Å². The van der Waals surface area contributed by atoms with Gasteiger partial charge < -0.3 is 19.7 Å². The van der Waals surface area contributed by atoms with Crippen molar-refractivity contribution < 1.29 is 9.47 Å². The second-order valence-corrected chi connectivity index (χ2v) is 7.90. The van der Waals surface area contributed by atoms with E-state index in [0.29, 0.717) is 5.92 Å². The van der Waals surface area contributed by atoms with Gasteiger partial charge in [0.15, 0.2) is 5.96 Å². The van der Waals surface area contributed by atoms with E-state index in [1.54, 1.807) is 0 Å². The number of aliphatic imine (C=N–C) groups is 1. The fourth-order valence-electron chi connectivity index (χ4n) is 3.60. The van der Waals surface area contributed by atoms with E-state index in [4.69, 9.17) is 14.5 Å². The lowest BCUT2D eigenvalue weighted by atomic mass is 10.0. The highest BCUT2D eigenvalue weighted by molar-refractivity contribution is 5.80. The van der Waals surface area contributed by atoms with Crippen molar-refractivity contribution in [3.8, 4) is 0 Å². The summed E-state index contributed by atoms with van der Waals surface area (Å²) < 4.78 is 11.2. The minimum Gasteiger partial charge on any atom is -0.381 e. The Morgan fingerprint density at radius 1 is 1.19 bits per heavy atom. The summed E-state index contributed by atoms with van der Waals surface area (Å²) in [4.78, 5) is 9.79. The van der Waals surface area contributed by atoms with E-state index in [1.165, 1.54) is 6.54 Å². The van der Waals surface area contributed by atoms with E-state index in [9.17, 15) is 0 Å². The first kappa shape index (κ1) is 21.5. The fraction of sp³-hybridized carbons (Fsp3) is 0.950. The molecule has 0 saturated carbocycles. The van der Waals surface area contributed by atoms with Gasteiger partial charge in [-0.25, -0.2) is 0 Å². The molecule has 2 rings (SSSR count). The van der Waals surface area contributed by atoms with Gasteiger partial charge in [-0.1, -0.05) is 13.8 Å². The van der Waals surface area contributed by atoms with Crippen molar-refractivity contribution in [2.75, 3.05) is 72.2 Å². The first-order chi connectivity index (χ1) is 12.7. The van der Waals surface area contributed by atoms with Crippen molar-refractivity contribution in [2.24, 2.45) is 16.8 Å². The Morgan fingerprint density at radius 3 is 2.58 bits per heavy atom. The van der Waals surface area contributed by atoms with Crippen molar-refractivity contribution in [3.63, 3.8) is 0 Å². The number of nitrogens with one attached hydrogen (secondary N) is 1. The number of hydrogen-bond donors (Lipinski definition) is 1. The first-order valence-corrected chi connectivity index (χ1v) is 10.6. The Hall–Kier alpha value is -0.850. The Balaban J connectivity index is 1.63. The quantitative estimate of drug-likeness (QED) is 0.383. The van der Waals surface area contributed by atoms with Crippen LogP contribution in [0.3, 0.4) is 0 Å². The zero-order valence-corrected chi connectivity index (χ0v) is 17.2. The van der Waals surface area contributed by atoms with Crippen LogP contribution in [-0.2, 0) is 9.47 Å². The maximum absolute atomic E-state index is 5.85. The van der Waals surface area contributed by atoms with Crippen LogP contribution >= 0.6 is 0 Å². The van der Waals surface area contributed by atoms with Crippen molar-refractivity contribution >= 4 is 5.96 Å². The molecule has 26 heavy (non-hydrogen) atoms. The molecule has 2 fully saturated rings. The molecule has 0 unspecified atom stereocenters. The summed E-state index contributed by atoms with van der Waals surface area (Å²) in [5.41, 5.74) is 0. The molecule has 2 aliphatic heterocycles. The summed E-state index contributed by atoms with van der Waals surface area (Å²) in [5, 5.41) is 3.45. The van der Waals surface area contributed by atoms with Gasteiger partial charge in [0.05, 0.1) is 0 Å². The molecule has 2 aliphatic rings. The van der Waals surface area contributed by atoms with E-state index in [1.807, 2.05) is 0 Å². The summed E-state index contributed by atoms with van der Waals surface area (Å²) in [6, 6.07) is 0. The highest BCUT2D eigenvalue weighted by Crippen LogP contribution is 2.14. The molecule has 0 amide bonds. The largest absolute Gasteiger partial charge is 0.381 e. The van der Waals surface area contributed by atoms with Crippen LogP contribution in [0.1, 0.15) is 40.0 Å². The predicted octanol–water partition coefficient (Wildman–Crippen LogP) is 2.06. The first-order valence-electron chi connectivity index (χ1n) is 10.6. The second kappa shape index (κ2) is 12.5. The van der Waals surface area contributed by atoms with Crippen LogP contribution in [0.4, 0.5) is 0 Å². The molecule has 1 N–H and O–H groups in total. The van der Waals surface area contributed by atoms with E-state index >= 15 is 0 Å². The molecule has 0 radical (unpaired) electrons. The van der Waals surface area contributed by atoms with Crippen LogP contribution in [0.15, 0.2) is 4.99 Å². The maximum atomic E-state index is 5.85. The topological polar surface area (TPSA) is 49.3 Å². The van der Waals surface area contributed by atoms with Gasteiger partial charge in [0.25, 0.3) is 0 Å². The number of piperazine rings is 1. The van der Waals surface area contributed by atoms with E-state index in [2.05, 4.69) is 35.9 Å². The maximum Gasteiger partial charge on any atom is 0.194 e. The Kier molecular flexibility index (Phi) is 10.3. The monoisotopic (exact) mass is 368 g/mol. The van der Waals surface area contributed by atoms with Crippen LogP contribution in [0.2, 0.25) is 0 Å². The smallest absolute Gasteiger partial charge is 0.194 e. The van der Waals surface area contributed by atoms with Crippen molar-refractivity contribution in [1.82, 2.24) is 15.1 Å². The van der Waals surface area contributed by atoms with Crippen molar-refractivity contribution in [2.45, 2.75) is 40.0 Å². The summed E-state index contributed by atoms with van der Waals surface area (Å²) in [7, 11) is 0. The van der Waals surface area contributed by atoms with E-state index < -0.39 is 0 Å². The van der Waals surface area contributed by atoms with Gasteiger partial charge in [-0.15, -0.1) is 0 Å². The molecule has 0 aliphatic carbocycles. The highest BCUT2D eigenvalue weighted by Gasteiger charge is 2.19. The standard InChI is InChI=1S/C20H40N4O2/c1-4-21-20(24-11-9-23(10-12-24)16-18(2)3)22-8-5-13-26-17-19-6-14-25-15-7-19/h18-19H,4-17H2,1-3H3,(H,21,22). The summed E-state index contributed by atoms with van der Waals surface area (Å²) >= 11 is 0. The molecule has 2 saturated heterocycles. The lowest BCUT2D eigenvalue weighted by Crippen LogP contribution is -2.53. The van der Waals surface area contributed by atoms with E-state index in [-0.39, 0.29) is 0 Å². The number of rotatable bonds is 9. The predicted molar refractivity (Wildman–Crippen MR) is 108 cm³/mol. The van der Waals surface area contributed by atoms with Crippen LogP contribution in [0.25, 0.3) is 0 Å². The second-order valence-electron chi connectivity index (χ2n) is 7.90. The Morgan fingerprint density at radius 2 is 1.92 bits per heavy atom. The van der Waals surface area contributed by atoms with Crippen molar-refractivity contribution in [3.05, 3.63) is 0 Å². The van der Waals surface area contributed by atoms with Gasteiger partial charge >= 0.3 is 0 Å². The zero-order chi connectivity index (χ0) is 18.6. The minimum absolute atomic E-state index is 0.687. The molecule has 0 bridgehead atoms. The molecule has 6 nitrogen and oxygen atoms in total. The van der Waals surface area contributed by atoms with Crippen LogP contribution in [0.5, 0.6) is 0 Å². The van der Waals surface area contributed by atoms with Gasteiger partial charge in [0.1, 0.15) is 0 Å². The number of nitrogens with zero attached hydrogens (tertiary/aromatic N) is 3. The third kappa shape index (κ3) is 8.23. The lowest BCUT2D eigenvalue weighted by Gasteiger charge is -2.37. The summed E-state index contributed by atoms with van der Waals surface area (Å²) in [5.74, 6) is 2.50. The van der Waals surface area contributed by atoms with Crippen LogP contribution < -0.4 is 5.32 Å². The third-order valence-electron chi connectivity index (χ3n) is 5.03. The average molecular weight is 369 g/mol. The molecule has 0 atom stereocenters. The Bertz CT molecular complexity index is 389. The SMILES string of the molecule is CCNC(=NCCCOCC1CCOCC1)N1CCN(CC(C)C)CC1. The molecule has 152 valence electrons. The molecular formula is C20H40N4O2. The zero-order valence-electron chi connectivity index (χ0n) is 17.2. The number of ether oxygens (including phenoxy) is 2. The number of hydrogen-bond acceptors (Lipinski definition) is 4. The molecule has 2 heterocycles. The van der Waals surface area contributed by atoms with Crippen molar-refractivity contribution in [1.29, 1.82) is 0 Å². The lowest BCUT2D eigenvalue weighted by molar-refractivity contribution is 0.0205. The summed E-state index contributed by atoms with van der Waals surface area (Å²) in [6.07, 6.45) is 3.28. The van der Waals surface area contributed by atoms with Crippen LogP contribution in [0, 0.1) is 11.8 Å². The van der Waals surface area contributed by atoms with Gasteiger partial charge in [-0.2, -0.15) is 0 Å². The Labute approximate surface area is 160 Å². The van der Waals surface area contributed by atoms with Gasteiger partial charge in [0.2, 0.25) is 0 Å². The molecular weight excluding hydrogens is 328 g/mol. The number of guanidine groups is 1. The molecule has 6 heteroatoms. The van der Waals surface area contributed by atoms with Gasteiger partial charge in [0, 0.05) is 72.2 Å². The third-order valence-corrected chi connectivity index (χ3v) is 5.03.